The number of hydrogen-bond donors (Lipinski definition) is 2. The summed E-state index contributed by atoms with van der Waals surface area (Å²) in [7, 11) is -3.75. The lowest BCUT2D eigenvalue weighted by Crippen LogP contribution is -2.44. The van der Waals surface area contributed by atoms with E-state index in [-0.39, 0.29) is 10.8 Å². The lowest BCUT2D eigenvalue weighted by molar-refractivity contribution is -0.122. The van der Waals surface area contributed by atoms with Gasteiger partial charge in [0.15, 0.2) is 0 Å². The predicted molar refractivity (Wildman–Crippen MR) is 85.4 cm³/mol. The Morgan fingerprint density at radius 3 is 2.55 bits per heavy atom. The van der Waals surface area contributed by atoms with Crippen molar-refractivity contribution in [3.63, 3.8) is 0 Å². The van der Waals surface area contributed by atoms with E-state index in [4.69, 9.17) is 4.74 Å². The number of ether oxygens (including phenoxy) is 1. The quantitative estimate of drug-likeness (QED) is 0.759. The van der Waals surface area contributed by atoms with Crippen LogP contribution in [0.2, 0.25) is 0 Å². The van der Waals surface area contributed by atoms with Gasteiger partial charge >= 0.3 is 0 Å². The Labute approximate surface area is 132 Å². The van der Waals surface area contributed by atoms with Crippen LogP contribution < -0.4 is 14.8 Å². The second-order valence-corrected chi connectivity index (χ2v) is 6.71. The molecule has 0 radical (unpaired) electrons. The lowest BCUT2D eigenvalue weighted by Gasteiger charge is -2.15. The summed E-state index contributed by atoms with van der Waals surface area (Å²) in [6, 6.07) is 3.79. The number of amides is 1. The highest BCUT2D eigenvalue weighted by molar-refractivity contribution is 7.89. The minimum atomic E-state index is -3.75. The van der Waals surface area contributed by atoms with Crippen LogP contribution in [0.3, 0.4) is 0 Å². The molecule has 0 aromatic heterocycles. The Morgan fingerprint density at radius 2 is 2.00 bits per heavy atom. The van der Waals surface area contributed by atoms with Crippen LogP contribution in [0.15, 0.2) is 23.1 Å². The van der Waals surface area contributed by atoms with Gasteiger partial charge in [0.1, 0.15) is 5.75 Å². The van der Waals surface area contributed by atoms with Crippen molar-refractivity contribution in [1.29, 1.82) is 0 Å². The third-order valence-corrected chi connectivity index (χ3v) is 4.57. The van der Waals surface area contributed by atoms with Crippen LogP contribution in [0.5, 0.6) is 5.75 Å². The second-order valence-electron chi connectivity index (χ2n) is 4.99. The van der Waals surface area contributed by atoms with Gasteiger partial charge in [-0.1, -0.05) is 6.92 Å². The van der Waals surface area contributed by atoms with Gasteiger partial charge in [-0.25, -0.2) is 8.42 Å². The Bertz CT molecular complexity index is 614. The van der Waals surface area contributed by atoms with E-state index in [0.29, 0.717) is 18.9 Å². The number of rotatable bonds is 8. The van der Waals surface area contributed by atoms with Crippen LogP contribution in [0.25, 0.3) is 0 Å². The molecule has 22 heavy (non-hydrogen) atoms. The number of nitrogens with one attached hydrogen (secondary N) is 2. The molecular formula is C15H24N2O4S. The maximum atomic E-state index is 12.3. The molecule has 2 N–H and O–H groups in total. The van der Waals surface area contributed by atoms with Crippen LogP contribution >= 0.6 is 0 Å². The van der Waals surface area contributed by atoms with Gasteiger partial charge in [0.05, 0.1) is 17.5 Å². The van der Waals surface area contributed by atoms with Gasteiger partial charge in [0.25, 0.3) is 0 Å². The highest BCUT2D eigenvalue weighted by Gasteiger charge is 2.22. The fourth-order valence-corrected chi connectivity index (χ4v) is 3.15. The summed E-state index contributed by atoms with van der Waals surface area (Å²) in [6.07, 6.45) is 0.795. The first kappa shape index (κ1) is 18.4. The first-order valence-electron chi connectivity index (χ1n) is 7.35. The molecule has 1 aromatic carbocycles. The number of hydrogen-bond acceptors (Lipinski definition) is 4. The molecule has 0 saturated heterocycles. The zero-order chi connectivity index (χ0) is 16.8. The van der Waals surface area contributed by atoms with Crippen LogP contribution in [-0.2, 0) is 14.8 Å². The highest BCUT2D eigenvalue weighted by Crippen LogP contribution is 2.21. The van der Waals surface area contributed by atoms with Gasteiger partial charge in [-0.15, -0.1) is 0 Å². The molecule has 1 atom stereocenters. The molecule has 1 rings (SSSR count). The molecule has 0 unspecified atom stereocenters. The molecule has 0 aliphatic carbocycles. The molecule has 0 bridgehead atoms. The first-order chi connectivity index (χ1) is 10.3. The summed E-state index contributed by atoms with van der Waals surface area (Å²) in [5.74, 6) is 0.309. The van der Waals surface area contributed by atoms with Crippen molar-refractivity contribution in [3.05, 3.63) is 23.8 Å². The monoisotopic (exact) mass is 328 g/mol. The molecule has 0 spiro atoms. The minimum absolute atomic E-state index is 0.114. The standard InChI is InChI=1S/C15H24N2O4S/c1-5-9-16-15(18)12(4)17-22(19,20)13-7-8-14(21-6-2)11(3)10-13/h7-8,10,12,17H,5-6,9H2,1-4H3,(H,16,18)/t12-/m1/s1. The molecule has 1 aromatic rings. The van der Waals surface area contributed by atoms with Crippen LogP contribution in [0, 0.1) is 6.92 Å². The number of carbonyl (C=O) groups excluding carboxylic acids is 1. The summed E-state index contributed by atoms with van der Waals surface area (Å²) in [4.78, 5) is 11.9. The van der Waals surface area contributed by atoms with E-state index < -0.39 is 16.1 Å². The smallest absolute Gasteiger partial charge is 0.241 e. The van der Waals surface area contributed by atoms with Gasteiger partial charge in [0.2, 0.25) is 15.9 Å². The van der Waals surface area contributed by atoms with Crippen LogP contribution in [0.1, 0.15) is 32.8 Å². The molecule has 0 aliphatic rings. The Hall–Kier alpha value is -1.60. The number of benzene rings is 1. The van der Waals surface area contributed by atoms with E-state index in [1.807, 2.05) is 13.8 Å². The summed E-state index contributed by atoms with van der Waals surface area (Å²) in [5, 5.41) is 2.66. The fraction of sp³-hybridized carbons (Fsp3) is 0.533. The third-order valence-electron chi connectivity index (χ3n) is 3.03. The normalized spacial score (nSPS) is 12.7. The molecule has 0 heterocycles. The van der Waals surface area contributed by atoms with E-state index in [0.717, 1.165) is 12.0 Å². The Morgan fingerprint density at radius 1 is 1.32 bits per heavy atom. The first-order valence-corrected chi connectivity index (χ1v) is 8.83. The van der Waals surface area contributed by atoms with E-state index in [9.17, 15) is 13.2 Å². The minimum Gasteiger partial charge on any atom is -0.494 e. The maximum Gasteiger partial charge on any atom is 0.241 e. The van der Waals surface area contributed by atoms with Crippen molar-refractivity contribution in [2.75, 3.05) is 13.2 Å². The van der Waals surface area contributed by atoms with Gasteiger partial charge in [-0.2, -0.15) is 4.72 Å². The van der Waals surface area contributed by atoms with Crippen molar-refractivity contribution in [2.24, 2.45) is 0 Å². The van der Waals surface area contributed by atoms with E-state index in [1.165, 1.54) is 19.1 Å². The Kier molecular flexibility index (Phi) is 6.83. The highest BCUT2D eigenvalue weighted by atomic mass is 32.2. The number of carbonyl (C=O) groups is 1. The third kappa shape index (κ3) is 4.99. The van der Waals surface area contributed by atoms with E-state index in [2.05, 4.69) is 10.0 Å². The molecule has 0 fully saturated rings. The van der Waals surface area contributed by atoms with Crippen LogP contribution in [-0.4, -0.2) is 33.5 Å². The van der Waals surface area contributed by atoms with E-state index >= 15 is 0 Å². The van der Waals surface area contributed by atoms with Gasteiger partial charge in [0, 0.05) is 6.54 Å². The molecule has 0 aliphatic heterocycles. The molecular weight excluding hydrogens is 304 g/mol. The van der Waals surface area contributed by atoms with Crippen molar-refractivity contribution < 1.29 is 17.9 Å². The SMILES string of the molecule is CCCNC(=O)[C@@H](C)NS(=O)(=O)c1ccc(OCC)c(C)c1. The summed E-state index contributed by atoms with van der Waals surface area (Å²) in [6.45, 7) is 8.12. The largest absolute Gasteiger partial charge is 0.494 e. The average Bonchev–Trinajstić information content (AvgIpc) is 2.46. The molecule has 0 saturated carbocycles. The van der Waals surface area contributed by atoms with Crippen molar-refractivity contribution >= 4 is 15.9 Å². The summed E-state index contributed by atoms with van der Waals surface area (Å²) in [5.41, 5.74) is 0.729. The van der Waals surface area contributed by atoms with Gasteiger partial charge < -0.3 is 10.1 Å². The topological polar surface area (TPSA) is 84.5 Å². The summed E-state index contributed by atoms with van der Waals surface area (Å²) < 4.78 is 32.4. The number of sulfonamides is 1. The van der Waals surface area contributed by atoms with Crippen molar-refractivity contribution in [2.45, 2.75) is 45.1 Å². The van der Waals surface area contributed by atoms with Crippen molar-refractivity contribution in [1.82, 2.24) is 10.0 Å². The maximum absolute atomic E-state index is 12.3. The fourth-order valence-electron chi connectivity index (χ4n) is 1.86. The molecule has 124 valence electrons. The van der Waals surface area contributed by atoms with Gasteiger partial charge in [-0.05, 0) is 51.0 Å². The van der Waals surface area contributed by atoms with Gasteiger partial charge in [-0.3, -0.25) is 4.79 Å². The molecule has 7 heteroatoms. The average molecular weight is 328 g/mol. The van der Waals surface area contributed by atoms with Crippen LogP contribution in [0.4, 0.5) is 0 Å². The molecule has 1 amide bonds. The lowest BCUT2D eigenvalue weighted by atomic mass is 10.2. The predicted octanol–water partition coefficient (Wildman–Crippen LogP) is 1.59. The van der Waals surface area contributed by atoms with Crippen molar-refractivity contribution in [3.8, 4) is 5.75 Å². The van der Waals surface area contributed by atoms with E-state index in [1.54, 1.807) is 13.0 Å². The Balaban J connectivity index is 2.86. The second kappa shape index (κ2) is 8.14. The number of aryl methyl sites for hydroxylation is 1. The molecule has 6 nitrogen and oxygen atoms in total. The zero-order valence-electron chi connectivity index (χ0n) is 13.5. The summed E-state index contributed by atoms with van der Waals surface area (Å²) >= 11 is 0. The zero-order valence-corrected chi connectivity index (χ0v) is 14.3.